The first-order valence-electron chi connectivity index (χ1n) is 10.9. The number of amides is 1. The Balaban J connectivity index is 1.81. The number of benzene rings is 2. The summed E-state index contributed by atoms with van der Waals surface area (Å²) in [5, 5.41) is 2.77. The minimum Gasteiger partial charge on any atom is -0.495 e. The molecule has 0 bridgehead atoms. The predicted molar refractivity (Wildman–Crippen MR) is 125 cm³/mol. The number of anilines is 1. The third kappa shape index (κ3) is 5.24. The molecule has 0 aromatic heterocycles. The van der Waals surface area contributed by atoms with Crippen LogP contribution in [0.15, 0.2) is 35.2 Å². The van der Waals surface area contributed by atoms with E-state index < -0.39 is 22.0 Å². The van der Waals surface area contributed by atoms with Gasteiger partial charge in [-0.1, -0.05) is 12.5 Å². The fraction of sp³-hybridized carbons (Fsp3) is 0.458. The molecule has 1 amide bonds. The lowest BCUT2D eigenvalue weighted by molar-refractivity contribution is -0.122. The molecule has 0 saturated carbocycles. The van der Waals surface area contributed by atoms with E-state index in [1.165, 1.54) is 23.5 Å². The third-order valence-electron chi connectivity index (χ3n) is 5.82. The number of methoxy groups -OCH3 is 1. The lowest BCUT2D eigenvalue weighted by Crippen LogP contribution is -2.35. The molecule has 0 unspecified atom stereocenters. The van der Waals surface area contributed by atoms with E-state index in [0.717, 1.165) is 36.0 Å². The summed E-state index contributed by atoms with van der Waals surface area (Å²) in [7, 11) is -2.16. The molecule has 0 aliphatic carbocycles. The number of hydrogen-bond acceptors (Lipinski definition) is 5. The number of ether oxygens (including phenoxy) is 2. The first-order valence-corrected chi connectivity index (χ1v) is 12.3. The van der Waals surface area contributed by atoms with Gasteiger partial charge in [0, 0.05) is 13.1 Å². The second-order valence-corrected chi connectivity index (χ2v) is 10.2. The van der Waals surface area contributed by atoms with Crippen LogP contribution in [0.5, 0.6) is 11.5 Å². The highest BCUT2D eigenvalue weighted by molar-refractivity contribution is 7.89. The maximum Gasteiger partial charge on any atom is 0.265 e. The standard InChI is InChI=1S/C24H32N2O5S/c1-16-13-17(2)18(3)23(14-16)31-19(4)24(27)25-21-15-20(9-10-22(21)30-5)32(28,29)26-11-7-6-8-12-26/h9-10,13-15,19H,6-8,11-12H2,1-5H3,(H,25,27)/t19-/m1/s1. The molecule has 32 heavy (non-hydrogen) atoms. The number of aryl methyl sites for hydroxylation is 2. The highest BCUT2D eigenvalue weighted by Crippen LogP contribution is 2.30. The van der Waals surface area contributed by atoms with Gasteiger partial charge in [-0.15, -0.1) is 0 Å². The van der Waals surface area contributed by atoms with E-state index >= 15 is 0 Å². The summed E-state index contributed by atoms with van der Waals surface area (Å²) < 4.78 is 38.9. The van der Waals surface area contributed by atoms with Crippen molar-refractivity contribution < 1.29 is 22.7 Å². The maximum atomic E-state index is 13.0. The Morgan fingerprint density at radius 2 is 1.72 bits per heavy atom. The number of rotatable bonds is 7. The Bertz CT molecular complexity index is 1090. The van der Waals surface area contributed by atoms with Crippen molar-refractivity contribution in [2.75, 3.05) is 25.5 Å². The van der Waals surface area contributed by atoms with Gasteiger partial charge in [-0.05, 0) is 81.5 Å². The van der Waals surface area contributed by atoms with Gasteiger partial charge in [0.1, 0.15) is 11.5 Å². The van der Waals surface area contributed by atoms with Crippen LogP contribution in [-0.4, -0.2) is 44.9 Å². The average molecular weight is 461 g/mol. The molecule has 1 atom stereocenters. The van der Waals surface area contributed by atoms with Crippen LogP contribution in [0.3, 0.4) is 0 Å². The zero-order valence-corrected chi connectivity index (χ0v) is 20.2. The van der Waals surface area contributed by atoms with Gasteiger partial charge in [0.2, 0.25) is 10.0 Å². The van der Waals surface area contributed by atoms with Crippen LogP contribution < -0.4 is 14.8 Å². The normalized spacial score (nSPS) is 15.8. The van der Waals surface area contributed by atoms with E-state index in [-0.39, 0.29) is 4.90 Å². The van der Waals surface area contributed by atoms with Crippen molar-refractivity contribution in [1.29, 1.82) is 0 Å². The topological polar surface area (TPSA) is 84.9 Å². The van der Waals surface area contributed by atoms with Crippen molar-refractivity contribution in [1.82, 2.24) is 4.31 Å². The maximum absolute atomic E-state index is 13.0. The van der Waals surface area contributed by atoms with Gasteiger partial charge >= 0.3 is 0 Å². The molecule has 1 aliphatic rings. The molecule has 1 N–H and O–H groups in total. The SMILES string of the molecule is COc1ccc(S(=O)(=O)N2CCCCC2)cc1NC(=O)[C@@H](C)Oc1cc(C)cc(C)c1C. The minimum absolute atomic E-state index is 0.134. The van der Waals surface area contributed by atoms with Gasteiger partial charge in [-0.3, -0.25) is 4.79 Å². The highest BCUT2D eigenvalue weighted by atomic mass is 32.2. The van der Waals surface area contributed by atoms with Crippen LogP contribution in [0.25, 0.3) is 0 Å². The number of carbonyl (C=O) groups excluding carboxylic acids is 1. The van der Waals surface area contributed by atoms with E-state index in [9.17, 15) is 13.2 Å². The van der Waals surface area contributed by atoms with Crippen LogP contribution in [-0.2, 0) is 14.8 Å². The molecule has 1 saturated heterocycles. The first kappa shape index (κ1) is 24.1. The fourth-order valence-electron chi connectivity index (χ4n) is 3.80. The van der Waals surface area contributed by atoms with E-state index in [0.29, 0.717) is 30.3 Å². The lowest BCUT2D eigenvalue weighted by Gasteiger charge is -2.26. The van der Waals surface area contributed by atoms with E-state index in [1.54, 1.807) is 13.0 Å². The van der Waals surface area contributed by atoms with Crippen molar-refractivity contribution in [2.24, 2.45) is 0 Å². The Morgan fingerprint density at radius 3 is 2.38 bits per heavy atom. The molecule has 7 nitrogen and oxygen atoms in total. The zero-order chi connectivity index (χ0) is 23.5. The van der Waals surface area contributed by atoms with Gasteiger partial charge < -0.3 is 14.8 Å². The molecule has 0 radical (unpaired) electrons. The molecule has 2 aromatic carbocycles. The van der Waals surface area contributed by atoms with Crippen LogP contribution in [0.1, 0.15) is 42.9 Å². The van der Waals surface area contributed by atoms with Gasteiger partial charge in [0.25, 0.3) is 5.91 Å². The minimum atomic E-state index is -3.63. The predicted octanol–water partition coefficient (Wildman–Crippen LogP) is 4.20. The number of sulfonamides is 1. The summed E-state index contributed by atoms with van der Waals surface area (Å²) in [4.78, 5) is 13.0. The van der Waals surface area contributed by atoms with Crippen LogP contribution in [0.4, 0.5) is 5.69 Å². The third-order valence-corrected chi connectivity index (χ3v) is 7.71. The molecule has 1 heterocycles. The number of piperidine rings is 1. The van der Waals surface area contributed by atoms with Gasteiger partial charge in [-0.25, -0.2) is 8.42 Å². The molecular weight excluding hydrogens is 428 g/mol. The van der Waals surface area contributed by atoms with Crippen molar-refractivity contribution in [3.05, 3.63) is 47.0 Å². The molecule has 1 aliphatic heterocycles. The smallest absolute Gasteiger partial charge is 0.265 e. The Labute approximate surface area is 190 Å². The van der Waals surface area contributed by atoms with Crippen LogP contribution in [0.2, 0.25) is 0 Å². The van der Waals surface area contributed by atoms with Crippen molar-refractivity contribution in [2.45, 2.75) is 58.0 Å². The van der Waals surface area contributed by atoms with Gasteiger partial charge in [-0.2, -0.15) is 4.31 Å². The second kappa shape index (κ2) is 9.92. The molecule has 8 heteroatoms. The summed E-state index contributed by atoms with van der Waals surface area (Å²) in [6.07, 6.45) is 1.95. The molecule has 0 spiro atoms. The quantitative estimate of drug-likeness (QED) is 0.669. The average Bonchev–Trinajstić information content (AvgIpc) is 2.77. The largest absolute Gasteiger partial charge is 0.495 e. The van der Waals surface area contributed by atoms with Crippen molar-refractivity contribution in [3.63, 3.8) is 0 Å². The second-order valence-electron chi connectivity index (χ2n) is 8.28. The molecule has 3 rings (SSSR count). The first-order chi connectivity index (χ1) is 15.1. The van der Waals surface area contributed by atoms with Gasteiger partial charge in [0.15, 0.2) is 6.10 Å². The molecule has 1 fully saturated rings. The number of carbonyl (C=O) groups is 1. The Hall–Kier alpha value is -2.58. The zero-order valence-electron chi connectivity index (χ0n) is 19.4. The van der Waals surface area contributed by atoms with E-state index in [2.05, 4.69) is 11.4 Å². The van der Waals surface area contributed by atoms with Gasteiger partial charge in [0.05, 0.1) is 17.7 Å². The van der Waals surface area contributed by atoms with Crippen molar-refractivity contribution in [3.8, 4) is 11.5 Å². The van der Waals surface area contributed by atoms with Crippen LogP contribution in [0, 0.1) is 20.8 Å². The molecular formula is C24H32N2O5S. The summed E-state index contributed by atoms with van der Waals surface area (Å²) in [6.45, 7) is 8.61. The molecule has 174 valence electrons. The number of nitrogens with one attached hydrogen (secondary N) is 1. The van der Waals surface area contributed by atoms with E-state index in [4.69, 9.17) is 9.47 Å². The van der Waals surface area contributed by atoms with Crippen molar-refractivity contribution >= 4 is 21.6 Å². The summed E-state index contributed by atoms with van der Waals surface area (Å²) >= 11 is 0. The summed E-state index contributed by atoms with van der Waals surface area (Å²) in [5.41, 5.74) is 3.41. The van der Waals surface area contributed by atoms with E-state index in [1.807, 2.05) is 26.8 Å². The number of hydrogen-bond donors (Lipinski definition) is 1. The van der Waals surface area contributed by atoms with Crippen LogP contribution >= 0.6 is 0 Å². The Morgan fingerprint density at radius 1 is 1.03 bits per heavy atom. The monoisotopic (exact) mass is 460 g/mol. The highest BCUT2D eigenvalue weighted by Gasteiger charge is 2.27. The fourth-order valence-corrected chi connectivity index (χ4v) is 5.34. The summed E-state index contributed by atoms with van der Waals surface area (Å²) in [6, 6.07) is 8.49. The Kier molecular flexibility index (Phi) is 7.46. The number of nitrogens with zero attached hydrogens (tertiary/aromatic N) is 1. The lowest BCUT2D eigenvalue weighted by atomic mass is 10.1. The summed E-state index contributed by atoms with van der Waals surface area (Å²) in [5.74, 6) is 0.638. The molecule has 2 aromatic rings.